The van der Waals surface area contributed by atoms with Crippen molar-refractivity contribution in [1.82, 2.24) is 0 Å². The maximum Gasteiger partial charge on any atom is 0.249 e. The van der Waals surface area contributed by atoms with Crippen molar-refractivity contribution in [3.05, 3.63) is 0 Å². The minimum absolute atomic E-state index is 0.353. The van der Waals surface area contributed by atoms with E-state index in [1.54, 1.807) is 27.7 Å². The lowest BCUT2D eigenvalue weighted by molar-refractivity contribution is -0.149. The van der Waals surface area contributed by atoms with Crippen LogP contribution in [-0.4, -0.2) is 16.6 Å². The molecule has 0 aliphatic carbocycles. The van der Waals surface area contributed by atoms with Crippen LogP contribution in [0.2, 0.25) is 0 Å². The molecular weight excluding hydrogens is 142 g/mol. The number of carbonyl (C=O) groups is 1. The Morgan fingerprint density at radius 1 is 1.45 bits per heavy atom. The van der Waals surface area contributed by atoms with Gasteiger partial charge in [-0.05, 0) is 11.8 Å². The SMILES string of the molecule is CC[C@@](O)(C(N)=O)C(C)(C)C. The van der Waals surface area contributed by atoms with E-state index in [-0.39, 0.29) is 0 Å². The zero-order valence-corrected chi connectivity index (χ0v) is 7.64. The number of aliphatic hydroxyl groups is 1. The molecule has 0 bridgehead atoms. The number of hydrogen-bond acceptors (Lipinski definition) is 2. The van der Waals surface area contributed by atoms with Gasteiger partial charge in [0.05, 0.1) is 0 Å². The second-order valence-electron chi connectivity index (χ2n) is 3.83. The zero-order chi connectivity index (χ0) is 9.28. The number of rotatable bonds is 2. The molecular formula is C8H17NO2. The summed E-state index contributed by atoms with van der Waals surface area (Å²) in [5, 5.41) is 9.76. The van der Waals surface area contributed by atoms with Crippen molar-refractivity contribution in [2.24, 2.45) is 11.1 Å². The van der Waals surface area contributed by atoms with Gasteiger partial charge in [-0.3, -0.25) is 4.79 Å². The van der Waals surface area contributed by atoms with Crippen molar-refractivity contribution in [1.29, 1.82) is 0 Å². The molecule has 3 nitrogen and oxygen atoms in total. The third kappa shape index (κ3) is 1.71. The number of amides is 1. The van der Waals surface area contributed by atoms with Crippen LogP contribution in [0, 0.1) is 5.41 Å². The summed E-state index contributed by atoms with van der Waals surface area (Å²) in [6.45, 7) is 7.12. The van der Waals surface area contributed by atoms with Gasteiger partial charge in [0, 0.05) is 0 Å². The van der Waals surface area contributed by atoms with Crippen LogP contribution in [0.3, 0.4) is 0 Å². The Bertz CT molecular complexity index is 160. The first-order valence-corrected chi connectivity index (χ1v) is 3.78. The van der Waals surface area contributed by atoms with Crippen LogP contribution in [0.1, 0.15) is 34.1 Å². The molecule has 0 heterocycles. The minimum Gasteiger partial charge on any atom is -0.379 e. The van der Waals surface area contributed by atoms with Gasteiger partial charge in [-0.2, -0.15) is 0 Å². The third-order valence-corrected chi connectivity index (χ3v) is 2.16. The fourth-order valence-electron chi connectivity index (χ4n) is 1.07. The maximum atomic E-state index is 10.9. The van der Waals surface area contributed by atoms with Gasteiger partial charge < -0.3 is 10.8 Å². The highest BCUT2D eigenvalue weighted by atomic mass is 16.3. The predicted molar refractivity (Wildman–Crippen MR) is 43.9 cm³/mol. The Balaban J connectivity index is 4.75. The number of carbonyl (C=O) groups excluding carboxylic acids is 1. The normalized spacial score (nSPS) is 17.5. The predicted octanol–water partition coefficient (Wildman–Crippen LogP) is 0.659. The molecule has 0 aromatic heterocycles. The lowest BCUT2D eigenvalue weighted by Gasteiger charge is -2.36. The summed E-state index contributed by atoms with van der Waals surface area (Å²) in [6, 6.07) is 0. The van der Waals surface area contributed by atoms with Crippen LogP contribution in [0.4, 0.5) is 0 Å². The molecule has 0 fully saturated rings. The Hall–Kier alpha value is -0.570. The van der Waals surface area contributed by atoms with Crippen molar-refractivity contribution in [3.63, 3.8) is 0 Å². The summed E-state index contributed by atoms with van der Waals surface area (Å²) < 4.78 is 0. The van der Waals surface area contributed by atoms with Crippen LogP contribution in [0.15, 0.2) is 0 Å². The fourth-order valence-corrected chi connectivity index (χ4v) is 1.07. The second-order valence-corrected chi connectivity index (χ2v) is 3.83. The van der Waals surface area contributed by atoms with Gasteiger partial charge in [0.1, 0.15) is 5.60 Å². The minimum atomic E-state index is -1.38. The molecule has 1 atom stereocenters. The first-order chi connectivity index (χ1) is 4.75. The monoisotopic (exact) mass is 159 g/mol. The molecule has 11 heavy (non-hydrogen) atoms. The van der Waals surface area contributed by atoms with Gasteiger partial charge in [0.15, 0.2) is 0 Å². The molecule has 66 valence electrons. The smallest absolute Gasteiger partial charge is 0.249 e. The summed E-state index contributed by atoms with van der Waals surface area (Å²) in [5.41, 5.74) is 3.20. The summed E-state index contributed by atoms with van der Waals surface area (Å²) >= 11 is 0. The molecule has 0 rings (SSSR count). The van der Waals surface area contributed by atoms with E-state index in [1.165, 1.54) is 0 Å². The van der Waals surface area contributed by atoms with Crippen molar-refractivity contribution < 1.29 is 9.90 Å². The average molecular weight is 159 g/mol. The van der Waals surface area contributed by atoms with Crippen LogP contribution < -0.4 is 5.73 Å². The Morgan fingerprint density at radius 3 is 1.82 bits per heavy atom. The van der Waals surface area contributed by atoms with Crippen molar-refractivity contribution in [2.75, 3.05) is 0 Å². The van der Waals surface area contributed by atoms with E-state index < -0.39 is 16.9 Å². The number of nitrogens with two attached hydrogens (primary N) is 1. The highest BCUT2D eigenvalue weighted by molar-refractivity contribution is 5.84. The topological polar surface area (TPSA) is 63.3 Å². The summed E-state index contributed by atoms with van der Waals surface area (Å²) in [4.78, 5) is 10.9. The van der Waals surface area contributed by atoms with E-state index in [2.05, 4.69) is 0 Å². The van der Waals surface area contributed by atoms with Crippen LogP contribution in [0.5, 0.6) is 0 Å². The maximum absolute atomic E-state index is 10.9. The second kappa shape index (κ2) is 2.81. The van der Waals surface area contributed by atoms with E-state index in [4.69, 9.17) is 5.73 Å². The van der Waals surface area contributed by atoms with E-state index in [0.29, 0.717) is 6.42 Å². The standard InChI is InChI=1S/C8H17NO2/c1-5-8(11,6(9)10)7(2,3)4/h11H,5H2,1-4H3,(H2,9,10)/t8-/m1/s1. The van der Waals surface area contributed by atoms with E-state index in [0.717, 1.165) is 0 Å². The lowest BCUT2D eigenvalue weighted by atomic mass is 9.74. The molecule has 0 aromatic carbocycles. The molecule has 1 amide bonds. The molecule has 0 aliphatic heterocycles. The molecule has 0 saturated heterocycles. The quantitative estimate of drug-likeness (QED) is 0.621. The molecule has 0 saturated carbocycles. The molecule has 3 heteroatoms. The highest BCUT2D eigenvalue weighted by Gasteiger charge is 2.43. The van der Waals surface area contributed by atoms with Gasteiger partial charge in [0.25, 0.3) is 0 Å². The molecule has 3 N–H and O–H groups in total. The van der Waals surface area contributed by atoms with Gasteiger partial charge in [-0.1, -0.05) is 27.7 Å². The largest absolute Gasteiger partial charge is 0.379 e. The number of primary amides is 1. The summed E-state index contributed by atoms with van der Waals surface area (Å²) in [6.07, 6.45) is 0.353. The van der Waals surface area contributed by atoms with Crippen LogP contribution >= 0.6 is 0 Å². The van der Waals surface area contributed by atoms with E-state index in [9.17, 15) is 9.90 Å². The molecule has 0 spiro atoms. The third-order valence-electron chi connectivity index (χ3n) is 2.16. The molecule has 0 unspecified atom stereocenters. The average Bonchev–Trinajstić information content (AvgIpc) is 1.83. The highest BCUT2D eigenvalue weighted by Crippen LogP contribution is 2.32. The van der Waals surface area contributed by atoms with Gasteiger partial charge in [0.2, 0.25) is 5.91 Å². The van der Waals surface area contributed by atoms with Crippen LogP contribution in [0.25, 0.3) is 0 Å². The van der Waals surface area contributed by atoms with Crippen molar-refractivity contribution in [2.45, 2.75) is 39.7 Å². The lowest BCUT2D eigenvalue weighted by Crippen LogP contribution is -2.53. The fraction of sp³-hybridized carbons (Fsp3) is 0.875. The summed E-state index contributed by atoms with van der Waals surface area (Å²) in [7, 11) is 0. The van der Waals surface area contributed by atoms with Crippen LogP contribution in [-0.2, 0) is 4.79 Å². The van der Waals surface area contributed by atoms with Gasteiger partial charge in [-0.25, -0.2) is 0 Å². The molecule has 0 aliphatic rings. The molecule has 0 radical (unpaired) electrons. The van der Waals surface area contributed by atoms with E-state index >= 15 is 0 Å². The van der Waals surface area contributed by atoms with Crippen molar-refractivity contribution in [3.8, 4) is 0 Å². The first kappa shape index (κ1) is 10.4. The van der Waals surface area contributed by atoms with Gasteiger partial charge >= 0.3 is 0 Å². The molecule has 0 aromatic rings. The van der Waals surface area contributed by atoms with Gasteiger partial charge in [-0.15, -0.1) is 0 Å². The number of hydrogen-bond donors (Lipinski definition) is 2. The van der Waals surface area contributed by atoms with E-state index in [1.807, 2.05) is 0 Å². The zero-order valence-electron chi connectivity index (χ0n) is 7.64. The first-order valence-electron chi connectivity index (χ1n) is 3.78. The Labute approximate surface area is 67.6 Å². The summed E-state index contributed by atoms with van der Waals surface area (Å²) in [5.74, 6) is -0.646. The Kier molecular flexibility index (Phi) is 2.67. The Morgan fingerprint density at radius 2 is 1.82 bits per heavy atom. The van der Waals surface area contributed by atoms with Crippen molar-refractivity contribution >= 4 is 5.91 Å².